The number of benzene rings is 1. The Bertz CT molecular complexity index is 373. The third-order valence-electron chi connectivity index (χ3n) is 3.27. The highest BCUT2D eigenvalue weighted by Crippen LogP contribution is 2.35. The summed E-state index contributed by atoms with van der Waals surface area (Å²) in [4.78, 5) is 0. The highest BCUT2D eigenvalue weighted by Gasteiger charge is 2.21. The SMILES string of the molecule is CC1CC(O)c2cc(C(C)C)ccc2CS1. The maximum atomic E-state index is 10.2. The fraction of sp³-hybridized carbons (Fsp3) is 0.571. The molecule has 2 unspecified atom stereocenters. The van der Waals surface area contributed by atoms with Crippen LogP contribution in [0.4, 0.5) is 0 Å². The number of hydrogen-bond acceptors (Lipinski definition) is 2. The largest absolute Gasteiger partial charge is 0.388 e. The summed E-state index contributed by atoms with van der Waals surface area (Å²) in [5, 5.41) is 10.8. The molecule has 0 fully saturated rings. The van der Waals surface area contributed by atoms with Gasteiger partial charge in [0.25, 0.3) is 0 Å². The molecule has 0 bridgehead atoms. The lowest BCUT2D eigenvalue weighted by Gasteiger charge is -2.15. The topological polar surface area (TPSA) is 20.2 Å². The molecule has 0 aromatic heterocycles. The Kier molecular flexibility index (Phi) is 3.60. The van der Waals surface area contributed by atoms with E-state index in [0.29, 0.717) is 11.2 Å². The molecule has 0 amide bonds. The zero-order valence-electron chi connectivity index (χ0n) is 10.2. The van der Waals surface area contributed by atoms with Gasteiger partial charge in [-0.2, -0.15) is 11.8 Å². The van der Waals surface area contributed by atoms with Crippen LogP contribution >= 0.6 is 11.8 Å². The Morgan fingerprint density at radius 2 is 2.12 bits per heavy atom. The van der Waals surface area contributed by atoms with Crippen LogP contribution in [0.2, 0.25) is 0 Å². The fourth-order valence-corrected chi connectivity index (χ4v) is 3.20. The van der Waals surface area contributed by atoms with E-state index in [0.717, 1.165) is 17.7 Å². The van der Waals surface area contributed by atoms with Gasteiger partial charge in [0.05, 0.1) is 6.10 Å². The summed E-state index contributed by atoms with van der Waals surface area (Å²) < 4.78 is 0. The summed E-state index contributed by atoms with van der Waals surface area (Å²) >= 11 is 1.94. The Labute approximate surface area is 102 Å². The van der Waals surface area contributed by atoms with Gasteiger partial charge >= 0.3 is 0 Å². The summed E-state index contributed by atoms with van der Waals surface area (Å²) in [5.74, 6) is 1.57. The zero-order chi connectivity index (χ0) is 11.7. The van der Waals surface area contributed by atoms with Crippen molar-refractivity contribution in [1.82, 2.24) is 0 Å². The van der Waals surface area contributed by atoms with Gasteiger partial charge in [-0.05, 0) is 29.0 Å². The molecule has 2 rings (SSSR count). The van der Waals surface area contributed by atoms with Crippen molar-refractivity contribution in [2.75, 3.05) is 0 Å². The molecule has 1 aliphatic rings. The predicted octanol–water partition coefficient (Wildman–Crippen LogP) is 3.87. The van der Waals surface area contributed by atoms with Gasteiger partial charge in [0, 0.05) is 11.0 Å². The van der Waals surface area contributed by atoms with Gasteiger partial charge in [-0.25, -0.2) is 0 Å². The Morgan fingerprint density at radius 3 is 2.81 bits per heavy atom. The van der Waals surface area contributed by atoms with E-state index in [9.17, 15) is 5.11 Å². The molecule has 1 N–H and O–H groups in total. The van der Waals surface area contributed by atoms with E-state index in [2.05, 4.69) is 39.0 Å². The van der Waals surface area contributed by atoms with Crippen molar-refractivity contribution < 1.29 is 5.11 Å². The first-order valence-electron chi connectivity index (χ1n) is 6.00. The molecule has 1 nitrogen and oxygen atoms in total. The van der Waals surface area contributed by atoms with Gasteiger partial charge in [-0.3, -0.25) is 0 Å². The van der Waals surface area contributed by atoms with Gasteiger partial charge in [0.1, 0.15) is 0 Å². The summed E-state index contributed by atoms with van der Waals surface area (Å²) in [6.07, 6.45) is 0.595. The van der Waals surface area contributed by atoms with E-state index < -0.39 is 0 Å². The molecule has 2 atom stereocenters. The minimum absolute atomic E-state index is 0.279. The van der Waals surface area contributed by atoms with Crippen molar-refractivity contribution >= 4 is 11.8 Å². The smallest absolute Gasteiger partial charge is 0.0803 e. The Hall–Kier alpha value is -0.470. The monoisotopic (exact) mass is 236 g/mol. The Morgan fingerprint density at radius 1 is 1.38 bits per heavy atom. The minimum atomic E-state index is -0.279. The first-order chi connectivity index (χ1) is 7.58. The molecular formula is C14H20OS. The number of rotatable bonds is 1. The van der Waals surface area contributed by atoms with Crippen LogP contribution in [0.3, 0.4) is 0 Å². The molecule has 1 aliphatic heterocycles. The summed E-state index contributed by atoms with van der Waals surface area (Å²) in [7, 11) is 0. The average Bonchev–Trinajstić information content (AvgIpc) is 2.38. The Balaban J connectivity index is 2.37. The van der Waals surface area contributed by atoms with Gasteiger partial charge in [-0.1, -0.05) is 39.0 Å². The van der Waals surface area contributed by atoms with E-state index in [4.69, 9.17) is 0 Å². The number of thioether (sulfide) groups is 1. The predicted molar refractivity (Wildman–Crippen MR) is 70.9 cm³/mol. The normalized spacial score (nSPS) is 25.3. The van der Waals surface area contributed by atoms with Crippen molar-refractivity contribution in [1.29, 1.82) is 0 Å². The van der Waals surface area contributed by atoms with Crippen LogP contribution in [0.5, 0.6) is 0 Å². The quantitative estimate of drug-likeness (QED) is 0.798. The first kappa shape index (κ1) is 12.0. The molecule has 0 saturated heterocycles. The standard InChI is InChI=1S/C14H20OS/c1-9(2)11-4-5-12-8-16-10(3)6-14(15)13(12)7-11/h4-5,7,9-10,14-15H,6,8H2,1-3H3. The van der Waals surface area contributed by atoms with Gasteiger partial charge in [0.2, 0.25) is 0 Å². The lowest BCUT2D eigenvalue weighted by Crippen LogP contribution is -2.04. The number of aliphatic hydroxyl groups excluding tert-OH is 1. The number of fused-ring (bicyclic) bond motifs is 1. The highest BCUT2D eigenvalue weighted by molar-refractivity contribution is 7.99. The molecule has 0 saturated carbocycles. The zero-order valence-corrected chi connectivity index (χ0v) is 11.1. The van der Waals surface area contributed by atoms with Crippen LogP contribution in [-0.4, -0.2) is 10.4 Å². The molecule has 2 heteroatoms. The number of hydrogen-bond donors (Lipinski definition) is 1. The second-order valence-corrected chi connectivity index (χ2v) is 6.41. The van der Waals surface area contributed by atoms with Crippen LogP contribution in [0.1, 0.15) is 55.9 Å². The van der Waals surface area contributed by atoms with Crippen LogP contribution in [-0.2, 0) is 5.75 Å². The fourth-order valence-electron chi connectivity index (χ4n) is 2.16. The molecule has 16 heavy (non-hydrogen) atoms. The second-order valence-electron chi connectivity index (χ2n) is 4.99. The lowest BCUT2D eigenvalue weighted by atomic mass is 9.94. The summed E-state index contributed by atoms with van der Waals surface area (Å²) in [5.41, 5.74) is 3.80. The molecule has 0 radical (unpaired) electrons. The number of aliphatic hydroxyl groups is 1. The van der Waals surface area contributed by atoms with Crippen molar-refractivity contribution in [2.45, 2.75) is 50.2 Å². The van der Waals surface area contributed by atoms with Crippen LogP contribution in [0.25, 0.3) is 0 Å². The molecule has 1 aromatic rings. The van der Waals surface area contributed by atoms with Crippen molar-refractivity contribution in [2.24, 2.45) is 0 Å². The summed E-state index contributed by atoms with van der Waals surface area (Å²) in [6.45, 7) is 6.59. The first-order valence-corrected chi connectivity index (χ1v) is 7.05. The lowest BCUT2D eigenvalue weighted by molar-refractivity contribution is 0.168. The molecule has 88 valence electrons. The molecule has 1 heterocycles. The summed E-state index contributed by atoms with van der Waals surface area (Å²) in [6, 6.07) is 6.59. The van der Waals surface area contributed by atoms with Gasteiger partial charge < -0.3 is 5.11 Å². The van der Waals surface area contributed by atoms with E-state index in [1.165, 1.54) is 11.1 Å². The van der Waals surface area contributed by atoms with Crippen LogP contribution in [0, 0.1) is 0 Å². The maximum absolute atomic E-state index is 10.2. The van der Waals surface area contributed by atoms with Crippen LogP contribution in [0.15, 0.2) is 18.2 Å². The molecule has 0 aliphatic carbocycles. The third kappa shape index (κ3) is 2.44. The maximum Gasteiger partial charge on any atom is 0.0803 e. The third-order valence-corrected chi connectivity index (χ3v) is 4.51. The van der Waals surface area contributed by atoms with E-state index in [-0.39, 0.29) is 6.10 Å². The molecular weight excluding hydrogens is 216 g/mol. The molecule has 1 aromatic carbocycles. The van der Waals surface area contributed by atoms with E-state index in [1.54, 1.807) is 0 Å². The van der Waals surface area contributed by atoms with Crippen molar-refractivity contribution in [3.63, 3.8) is 0 Å². The second kappa shape index (κ2) is 4.80. The van der Waals surface area contributed by atoms with E-state index in [1.807, 2.05) is 11.8 Å². The van der Waals surface area contributed by atoms with Crippen molar-refractivity contribution in [3.05, 3.63) is 34.9 Å². The van der Waals surface area contributed by atoms with Crippen LogP contribution < -0.4 is 0 Å². The van der Waals surface area contributed by atoms with Gasteiger partial charge in [-0.15, -0.1) is 0 Å². The molecule has 0 spiro atoms. The van der Waals surface area contributed by atoms with E-state index >= 15 is 0 Å². The van der Waals surface area contributed by atoms with Crippen molar-refractivity contribution in [3.8, 4) is 0 Å². The average molecular weight is 236 g/mol. The highest BCUT2D eigenvalue weighted by atomic mass is 32.2. The minimum Gasteiger partial charge on any atom is -0.388 e. The van der Waals surface area contributed by atoms with Gasteiger partial charge in [0.15, 0.2) is 0 Å².